The second-order valence-corrected chi connectivity index (χ2v) is 5.09. The van der Waals surface area contributed by atoms with Gasteiger partial charge >= 0.3 is 0 Å². The number of halogens is 1. The smallest absolute Gasteiger partial charge is 0.229 e. The molecule has 0 saturated carbocycles. The maximum atomic E-state index is 9.22. The maximum absolute atomic E-state index is 9.22. The highest BCUT2D eigenvalue weighted by molar-refractivity contribution is 7.99. The van der Waals surface area contributed by atoms with E-state index >= 15 is 0 Å². The third kappa shape index (κ3) is 4.47. The number of hydrogen-bond donors (Lipinski definition) is 3. The average Bonchev–Trinajstić information content (AvgIpc) is 2.30. The molecule has 102 valence electrons. The predicted molar refractivity (Wildman–Crippen MR) is 76.5 cm³/mol. The first kappa shape index (κ1) is 15.3. The summed E-state index contributed by atoms with van der Waals surface area (Å²) in [5, 5.41) is 15.5. The van der Waals surface area contributed by atoms with Crippen molar-refractivity contribution in [3.8, 4) is 0 Å². The zero-order valence-corrected chi connectivity index (χ0v) is 12.2. The topological polar surface area (TPSA) is 83.0 Å². The zero-order chi connectivity index (χ0) is 13.5. The molecule has 0 saturated heterocycles. The van der Waals surface area contributed by atoms with E-state index in [1.165, 1.54) is 0 Å². The van der Waals surface area contributed by atoms with E-state index in [9.17, 15) is 5.11 Å². The predicted octanol–water partition coefficient (Wildman–Crippen LogP) is 1.48. The molecule has 1 aromatic rings. The van der Waals surface area contributed by atoms with Crippen molar-refractivity contribution in [1.82, 2.24) is 15.0 Å². The number of hydrogen-bond acceptors (Lipinski definition) is 7. The van der Waals surface area contributed by atoms with Crippen LogP contribution in [-0.4, -0.2) is 50.8 Å². The number of nitrogens with zero attached hydrogens (tertiary/aromatic N) is 3. The zero-order valence-electron chi connectivity index (χ0n) is 10.6. The molecule has 8 heteroatoms. The molecular weight excluding hydrogens is 274 g/mol. The van der Waals surface area contributed by atoms with Crippen LogP contribution in [0, 0.1) is 0 Å². The number of aliphatic hydroxyl groups is 1. The highest BCUT2D eigenvalue weighted by atomic mass is 35.5. The fourth-order valence-corrected chi connectivity index (χ4v) is 2.17. The van der Waals surface area contributed by atoms with Crippen molar-refractivity contribution in [1.29, 1.82) is 0 Å². The lowest BCUT2D eigenvalue weighted by atomic mass is 10.2. The van der Waals surface area contributed by atoms with Crippen LogP contribution in [-0.2, 0) is 0 Å². The minimum absolute atomic E-state index is 0.0259. The number of nitrogens with one attached hydrogen (secondary N) is 2. The van der Waals surface area contributed by atoms with E-state index < -0.39 is 0 Å². The molecule has 0 radical (unpaired) electrons. The van der Waals surface area contributed by atoms with Gasteiger partial charge in [-0.25, -0.2) is 0 Å². The van der Waals surface area contributed by atoms with Crippen molar-refractivity contribution < 1.29 is 5.11 Å². The van der Waals surface area contributed by atoms with E-state index in [0.29, 0.717) is 18.4 Å². The molecule has 1 rings (SSSR count). The van der Waals surface area contributed by atoms with E-state index in [-0.39, 0.29) is 23.2 Å². The van der Waals surface area contributed by atoms with Crippen LogP contribution in [0.4, 0.5) is 11.9 Å². The van der Waals surface area contributed by atoms with Crippen LogP contribution >= 0.6 is 23.4 Å². The molecule has 3 N–H and O–H groups in total. The van der Waals surface area contributed by atoms with Gasteiger partial charge in [-0.1, -0.05) is 0 Å². The van der Waals surface area contributed by atoms with Gasteiger partial charge in [-0.15, -0.1) is 0 Å². The molecule has 0 bridgehead atoms. The average molecular weight is 292 g/mol. The number of anilines is 2. The van der Waals surface area contributed by atoms with Crippen LogP contribution in [0.5, 0.6) is 0 Å². The van der Waals surface area contributed by atoms with E-state index in [0.717, 1.165) is 0 Å². The minimum Gasteiger partial charge on any atom is -0.395 e. The summed E-state index contributed by atoms with van der Waals surface area (Å²) in [5.41, 5.74) is 0. The summed E-state index contributed by atoms with van der Waals surface area (Å²) < 4.78 is 0. The highest BCUT2D eigenvalue weighted by Gasteiger charge is 2.16. The summed E-state index contributed by atoms with van der Waals surface area (Å²) in [6.07, 6.45) is 1.95. The van der Waals surface area contributed by atoms with E-state index in [4.69, 9.17) is 11.6 Å². The molecule has 0 aromatic carbocycles. The third-order valence-electron chi connectivity index (χ3n) is 2.34. The molecular formula is C10H18ClN5OS. The van der Waals surface area contributed by atoms with Crippen LogP contribution in [0.25, 0.3) is 0 Å². The Labute approximate surface area is 116 Å². The van der Waals surface area contributed by atoms with E-state index in [1.807, 2.05) is 20.1 Å². The quantitative estimate of drug-likeness (QED) is 0.702. The monoisotopic (exact) mass is 291 g/mol. The summed E-state index contributed by atoms with van der Waals surface area (Å²) >= 11 is 7.40. The molecule has 2 unspecified atom stereocenters. The van der Waals surface area contributed by atoms with Gasteiger partial charge in [0.1, 0.15) is 0 Å². The molecule has 0 spiro atoms. The molecule has 6 nitrogen and oxygen atoms in total. The van der Waals surface area contributed by atoms with Crippen molar-refractivity contribution in [2.75, 3.05) is 30.0 Å². The lowest BCUT2D eigenvalue weighted by Crippen LogP contribution is -2.31. The lowest BCUT2D eigenvalue weighted by molar-refractivity contribution is 0.288. The van der Waals surface area contributed by atoms with Gasteiger partial charge < -0.3 is 15.7 Å². The Morgan fingerprint density at radius 2 is 2.00 bits per heavy atom. The third-order valence-corrected chi connectivity index (χ3v) is 3.67. The Bertz CT molecular complexity index is 377. The van der Waals surface area contributed by atoms with Crippen LogP contribution in [0.3, 0.4) is 0 Å². The van der Waals surface area contributed by atoms with Gasteiger partial charge in [0.2, 0.25) is 17.2 Å². The summed E-state index contributed by atoms with van der Waals surface area (Å²) in [4.78, 5) is 12.2. The molecule has 18 heavy (non-hydrogen) atoms. The molecule has 0 fully saturated rings. The standard InChI is InChI=1S/C10H18ClN5OS/c1-4-12-9-14-8(11)15-10(16-9)13-6(2)7(5-17)18-3/h6-7,17H,4-5H2,1-3H3,(H2,12,13,14,15,16). The van der Waals surface area contributed by atoms with Gasteiger partial charge in [-0.3, -0.25) is 0 Å². The molecule has 1 aromatic heterocycles. The van der Waals surface area contributed by atoms with Crippen molar-refractivity contribution in [2.24, 2.45) is 0 Å². The Morgan fingerprint density at radius 1 is 1.33 bits per heavy atom. The first-order chi connectivity index (χ1) is 8.60. The molecule has 1 heterocycles. The number of aliphatic hydroxyl groups excluding tert-OH is 1. The van der Waals surface area contributed by atoms with Crippen molar-refractivity contribution in [2.45, 2.75) is 25.1 Å². The summed E-state index contributed by atoms with van der Waals surface area (Å²) in [7, 11) is 0. The maximum Gasteiger partial charge on any atom is 0.229 e. The van der Waals surface area contributed by atoms with E-state index in [1.54, 1.807) is 11.8 Å². The Balaban J connectivity index is 2.77. The summed E-state index contributed by atoms with van der Waals surface area (Å²) in [6, 6.07) is 0.0259. The Kier molecular flexibility index (Phi) is 6.45. The van der Waals surface area contributed by atoms with Gasteiger partial charge in [0, 0.05) is 17.8 Å². The van der Waals surface area contributed by atoms with Gasteiger partial charge in [-0.05, 0) is 31.7 Å². The normalized spacial score (nSPS) is 14.1. The van der Waals surface area contributed by atoms with E-state index in [2.05, 4.69) is 25.6 Å². The van der Waals surface area contributed by atoms with Crippen LogP contribution in [0.15, 0.2) is 0 Å². The number of thioether (sulfide) groups is 1. The fraction of sp³-hybridized carbons (Fsp3) is 0.700. The van der Waals surface area contributed by atoms with Gasteiger partial charge in [0.25, 0.3) is 0 Å². The van der Waals surface area contributed by atoms with Gasteiger partial charge in [0.15, 0.2) is 0 Å². The minimum atomic E-state index is 0.0259. The largest absolute Gasteiger partial charge is 0.395 e. The second-order valence-electron chi connectivity index (χ2n) is 3.67. The fourth-order valence-electron chi connectivity index (χ4n) is 1.39. The number of aromatic nitrogens is 3. The van der Waals surface area contributed by atoms with Crippen LogP contribution < -0.4 is 10.6 Å². The summed E-state index contributed by atoms with van der Waals surface area (Å²) in [6.45, 7) is 4.71. The van der Waals surface area contributed by atoms with Crippen molar-refractivity contribution >= 4 is 35.3 Å². The van der Waals surface area contributed by atoms with Crippen molar-refractivity contribution in [3.05, 3.63) is 5.28 Å². The SMILES string of the molecule is CCNc1nc(Cl)nc(NC(C)C(CO)SC)n1. The first-order valence-corrected chi connectivity index (χ1v) is 7.32. The molecule has 0 aliphatic carbocycles. The molecule has 0 aliphatic rings. The van der Waals surface area contributed by atoms with Gasteiger partial charge in [-0.2, -0.15) is 26.7 Å². The Hall–Kier alpha value is -0.790. The molecule has 0 amide bonds. The highest BCUT2D eigenvalue weighted by Crippen LogP contribution is 2.15. The summed E-state index contributed by atoms with van der Waals surface area (Å²) in [5.74, 6) is 0.850. The van der Waals surface area contributed by atoms with Crippen molar-refractivity contribution in [3.63, 3.8) is 0 Å². The van der Waals surface area contributed by atoms with Crippen LogP contribution in [0.1, 0.15) is 13.8 Å². The Morgan fingerprint density at radius 3 is 2.56 bits per heavy atom. The molecule has 2 atom stereocenters. The molecule has 0 aliphatic heterocycles. The lowest BCUT2D eigenvalue weighted by Gasteiger charge is -2.21. The number of rotatable bonds is 7. The van der Waals surface area contributed by atoms with Gasteiger partial charge in [0.05, 0.1) is 6.61 Å². The first-order valence-electron chi connectivity index (χ1n) is 5.66. The van der Waals surface area contributed by atoms with Crippen LogP contribution in [0.2, 0.25) is 5.28 Å². The second kappa shape index (κ2) is 7.60.